The molecule has 151 valence electrons. The van der Waals surface area contributed by atoms with Crippen LogP contribution in [0.3, 0.4) is 0 Å². The number of fused-ring (bicyclic) bond motifs is 1. The fourth-order valence-electron chi connectivity index (χ4n) is 4.30. The van der Waals surface area contributed by atoms with Crippen LogP contribution in [-0.4, -0.2) is 21.0 Å². The summed E-state index contributed by atoms with van der Waals surface area (Å²) in [5.74, 6) is 1.70. The van der Waals surface area contributed by atoms with Crippen LogP contribution in [0.5, 0.6) is 0 Å². The van der Waals surface area contributed by atoms with Crippen molar-refractivity contribution in [2.45, 2.75) is 90.3 Å². The van der Waals surface area contributed by atoms with E-state index in [2.05, 4.69) is 47.2 Å². The van der Waals surface area contributed by atoms with Gasteiger partial charge in [-0.25, -0.2) is 0 Å². The molecule has 1 fully saturated rings. The van der Waals surface area contributed by atoms with E-state index >= 15 is 0 Å². The Hall–Kier alpha value is 1.11. The third-order valence-electron chi connectivity index (χ3n) is 5.56. The second-order valence-electron chi connectivity index (χ2n) is 7.94. The SMILES string of the molecule is CCCCCCCCCC[N]([Hf]=[Si](C)C)C1CCC2C=CC=CC21.Cl.Cl. The average Bonchev–Trinajstić information content (AvgIpc) is 3.00. The molecule has 0 aromatic rings. The summed E-state index contributed by atoms with van der Waals surface area (Å²) in [6.07, 6.45) is 24.1. The summed E-state index contributed by atoms with van der Waals surface area (Å²) in [7, 11) is 0. The molecule has 0 heterocycles. The van der Waals surface area contributed by atoms with Gasteiger partial charge in [0.2, 0.25) is 0 Å². The predicted octanol–water partition coefficient (Wildman–Crippen LogP) is 7.04. The van der Waals surface area contributed by atoms with Gasteiger partial charge in [0, 0.05) is 0 Å². The Balaban J connectivity index is 0.00000312. The van der Waals surface area contributed by atoms with E-state index < -0.39 is 21.8 Å². The van der Waals surface area contributed by atoms with E-state index in [-0.39, 0.29) is 30.3 Å². The molecular weight excluding hydrogens is 544 g/mol. The van der Waals surface area contributed by atoms with Crippen LogP contribution >= 0.6 is 24.8 Å². The first-order chi connectivity index (χ1) is 11.7. The summed E-state index contributed by atoms with van der Waals surface area (Å²) in [5.41, 5.74) is 0.0146. The first-order valence-corrected chi connectivity index (χ1v) is 19.9. The largest absolute Gasteiger partial charge is 0.147 e. The molecule has 2 aliphatic carbocycles. The number of unbranched alkanes of at least 4 members (excludes halogenated alkanes) is 7. The molecule has 0 radical (unpaired) electrons. The van der Waals surface area contributed by atoms with Crippen molar-refractivity contribution < 1.29 is 21.8 Å². The van der Waals surface area contributed by atoms with Crippen LogP contribution in [0.15, 0.2) is 24.3 Å². The van der Waals surface area contributed by atoms with Crippen molar-refractivity contribution in [3.05, 3.63) is 24.3 Å². The molecule has 26 heavy (non-hydrogen) atoms. The maximum absolute atomic E-state index is 3.08. The van der Waals surface area contributed by atoms with Gasteiger partial charge in [-0.1, -0.05) is 0 Å². The van der Waals surface area contributed by atoms with Crippen molar-refractivity contribution in [3.8, 4) is 0 Å². The van der Waals surface area contributed by atoms with Gasteiger partial charge in [-0.3, -0.25) is 0 Å². The zero-order valence-electron chi connectivity index (χ0n) is 17.1. The Kier molecular flexibility index (Phi) is 16.6. The quantitative estimate of drug-likeness (QED) is 0.186. The number of rotatable bonds is 11. The van der Waals surface area contributed by atoms with Gasteiger partial charge in [-0.05, 0) is 0 Å². The Labute approximate surface area is 187 Å². The van der Waals surface area contributed by atoms with Crippen molar-refractivity contribution in [3.63, 3.8) is 0 Å². The molecule has 2 aliphatic rings. The maximum Gasteiger partial charge on any atom is -0.147 e. The molecule has 5 heteroatoms. The average molecular weight is 584 g/mol. The predicted molar refractivity (Wildman–Crippen MR) is 120 cm³/mol. The van der Waals surface area contributed by atoms with Crippen LogP contribution in [0, 0.1) is 11.8 Å². The molecule has 3 unspecified atom stereocenters. The topological polar surface area (TPSA) is 3.24 Å². The summed E-state index contributed by atoms with van der Waals surface area (Å²) in [6.45, 7) is 8.87. The summed E-state index contributed by atoms with van der Waals surface area (Å²) < 4.78 is 3.08. The minimum atomic E-state index is -0.539. The zero-order chi connectivity index (χ0) is 17.2. The van der Waals surface area contributed by atoms with Gasteiger partial charge in [-0.15, -0.1) is 24.8 Å². The summed E-state index contributed by atoms with van der Waals surface area (Å²) in [6, 6.07) is 0.906. The van der Waals surface area contributed by atoms with E-state index in [4.69, 9.17) is 0 Å². The molecule has 0 saturated heterocycles. The number of halogens is 2. The maximum atomic E-state index is 3.08. The molecule has 0 N–H and O–H groups in total. The minimum absolute atomic E-state index is 0. The van der Waals surface area contributed by atoms with Crippen LogP contribution in [0.1, 0.15) is 71.1 Å². The Bertz CT molecular complexity index is 449. The Morgan fingerprint density at radius 2 is 1.50 bits per heavy atom. The number of allylic oxidation sites excluding steroid dienone is 3. The third kappa shape index (κ3) is 9.54. The monoisotopic (exact) mass is 584 g/mol. The zero-order valence-corrected chi connectivity index (χ0v) is 23.3. The molecule has 3 atom stereocenters. The fraction of sp³-hybridized carbons (Fsp3) is 0.810. The normalized spacial score (nSPS) is 23.2. The Morgan fingerprint density at radius 3 is 2.15 bits per heavy atom. The van der Waals surface area contributed by atoms with Gasteiger partial charge in [0.25, 0.3) is 0 Å². The molecule has 0 amide bonds. The standard InChI is InChI=1S/C19H32N.C2H6Si.2ClH.Hf/c1-2-3-4-5-6-7-8-11-16-20-19-15-14-17-12-9-10-13-18(17)19;1-3-2;;;/h9-10,12-13,17-19H,2-8,11,14-16H2,1H3;1-2H3;2*1H;/q-1;;;;+1. The Morgan fingerprint density at radius 1 is 0.885 bits per heavy atom. The van der Waals surface area contributed by atoms with Gasteiger partial charge in [-0.2, -0.15) is 0 Å². The van der Waals surface area contributed by atoms with E-state index in [1.807, 2.05) is 0 Å². The number of hydrogen-bond donors (Lipinski definition) is 0. The van der Waals surface area contributed by atoms with Crippen LogP contribution in [0.2, 0.25) is 13.1 Å². The van der Waals surface area contributed by atoms with Crippen molar-refractivity contribution in [2.24, 2.45) is 11.8 Å². The van der Waals surface area contributed by atoms with E-state index in [0.717, 1.165) is 17.9 Å². The number of nitrogens with zero attached hydrogens (tertiary/aromatic N) is 1. The minimum Gasteiger partial charge on any atom is -0.147 e. The van der Waals surface area contributed by atoms with Gasteiger partial charge in [0.1, 0.15) is 0 Å². The van der Waals surface area contributed by atoms with Crippen LogP contribution in [-0.2, 0) is 21.8 Å². The van der Waals surface area contributed by atoms with Crippen molar-refractivity contribution >= 4 is 30.3 Å². The smallest absolute Gasteiger partial charge is 0.147 e. The van der Waals surface area contributed by atoms with Crippen molar-refractivity contribution in [1.82, 2.24) is 2.89 Å². The van der Waals surface area contributed by atoms with Crippen molar-refractivity contribution in [1.29, 1.82) is 0 Å². The van der Waals surface area contributed by atoms with Crippen LogP contribution in [0.25, 0.3) is 0 Å². The molecule has 0 spiro atoms. The van der Waals surface area contributed by atoms with Gasteiger partial charge >= 0.3 is 163 Å². The van der Waals surface area contributed by atoms with Gasteiger partial charge in [0.05, 0.1) is 0 Å². The van der Waals surface area contributed by atoms with E-state index in [9.17, 15) is 0 Å². The van der Waals surface area contributed by atoms with Gasteiger partial charge < -0.3 is 0 Å². The molecule has 0 bridgehead atoms. The first-order valence-electron chi connectivity index (χ1n) is 10.4. The second-order valence-corrected chi connectivity index (χ2v) is 25.4. The molecule has 0 aromatic carbocycles. The van der Waals surface area contributed by atoms with E-state index in [0.29, 0.717) is 0 Å². The van der Waals surface area contributed by atoms with Crippen LogP contribution in [0.4, 0.5) is 0 Å². The molecular formula is C21H40Cl2HfNSi. The molecule has 0 aromatic heterocycles. The third-order valence-corrected chi connectivity index (χ3v) is 16.2. The van der Waals surface area contributed by atoms with Crippen LogP contribution < -0.4 is 0 Å². The van der Waals surface area contributed by atoms with E-state index in [1.165, 1.54) is 70.8 Å². The molecule has 1 saturated carbocycles. The second kappa shape index (κ2) is 16.0. The summed E-state index contributed by atoms with van der Waals surface area (Å²) >= 11 is -0.539. The first kappa shape index (κ1) is 27.1. The molecule has 0 aliphatic heterocycles. The summed E-state index contributed by atoms with van der Waals surface area (Å²) in [4.78, 5) is 0. The number of hydrogen-bond acceptors (Lipinski definition) is 1. The van der Waals surface area contributed by atoms with Gasteiger partial charge in [0.15, 0.2) is 0 Å². The molecule has 1 nitrogen and oxygen atoms in total. The molecule has 2 rings (SSSR count). The summed E-state index contributed by atoms with van der Waals surface area (Å²) in [5, 5.41) is 0. The fourth-order valence-corrected chi connectivity index (χ4v) is 16.0. The van der Waals surface area contributed by atoms with E-state index in [1.54, 1.807) is 0 Å². The van der Waals surface area contributed by atoms with Crippen molar-refractivity contribution in [2.75, 3.05) is 6.54 Å².